The zero-order chi connectivity index (χ0) is 15.9. The van der Waals surface area contributed by atoms with Crippen LogP contribution >= 0.6 is 0 Å². The molecule has 0 aliphatic rings. The Labute approximate surface area is 168 Å². The van der Waals surface area contributed by atoms with E-state index in [4.69, 9.17) is 0 Å². The van der Waals surface area contributed by atoms with E-state index in [0.717, 1.165) is 35.7 Å². The molecular formula is C17H24CaN2O3. The summed E-state index contributed by atoms with van der Waals surface area (Å²) in [5.41, 5.74) is 1.87. The molecule has 1 amide bonds. The summed E-state index contributed by atoms with van der Waals surface area (Å²) in [5, 5.41) is 13.0. The molecule has 1 atom stereocenters. The molecule has 0 aliphatic carbocycles. The van der Waals surface area contributed by atoms with E-state index in [0.29, 0.717) is 6.42 Å². The van der Waals surface area contributed by atoms with Crippen LogP contribution in [0, 0.1) is 0 Å². The quantitative estimate of drug-likeness (QED) is 0.509. The van der Waals surface area contributed by atoms with Gasteiger partial charge < -0.3 is 18.3 Å². The second-order valence-electron chi connectivity index (χ2n) is 5.48. The summed E-state index contributed by atoms with van der Waals surface area (Å²) >= 11 is 0. The van der Waals surface area contributed by atoms with Crippen LogP contribution in [-0.4, -0.2) is 65.7 Å². The number of para-hydroxylation sites is 1. The van der Waals surface area contributed by atoms with Crippen molar-refractivity contribution in [2.75, 3.05) is 0 Å². The number of carbonyl (C=O) groups is 2. The number of aromatic amines is 1. The van der Waals surface area contributed by atoms with Gasteiger partial charge in [-0.2, -0.15) is 0 Å². The van der Waals surface area contributed by atoms with Crippen LogP contribution in [0.4, 0.5) is 0 Å². The first-order valence-electron chi connectivity index (χ1n) is 7.69. The van der Waals surface area contributed by atoms with Gasteiger partial charge >= 0.3 is 43.7 Å². The van der Waals surface area contributed by atoms with Gasteiger partial charge in [0.15, 0.2) is 0 Å². The molecule has 1 aromatic carbocycles. The first kappa shape index (κ1) is 20.0. The maximum Gasteiger partial charge on any atom is 2.00 e. The second kappa shape index (κ2) is 9.96. The minimum atomic E-state index is -1.01. The van der Waals surface area contributed by atoms with Crippen molar-refractivity contribution >= 4 is 60.5 Å². The van der Waals surface area contributed by atoms with Gasteiger partial charge in [-0.3, -0.25) is 4.79 Å². The van der Waals surface area contributed by atoms with Gasteiger partial charge in [-0.1, -0.05) is 38.0 Å². The van der Waals surface area contributed by atoms with E-state index in [1.54, 1.807) is 0 Å². The Balaban J connectivity index is 0. The fourth-order valence-corrected chi connectivity index (χ4v) is 2.52. The molecule has 1 aromatic heterocycles. The second-order valence-corrected chi connectivity index (χ2v) is 5.48. The van der Waals surface area contributed by atoms with Gasteiger partial charge in [-0.15, -0.1) is 0 Å². The number of rotatable bonds is 8. The van der Waals surface area contributed by atoms with E-state index in [9.17, 15) is 14.7 Å². The Morgan fingerprint density at radius 1 is 1.30 bits per heavy atom. The third kappa shape index (κ3) is 5.83. The molecule has 0 saturated heterocycles. The molecule has 6 heteroatoms. The van der Waals surface area contributed by atoms with Crippen LogP contribution in [0.25, 0.3) is 10.9 Å². The van der Waals surface area contributed by atoms with E-state index in [2.05, 4.69) is 17.2 Å². The van der Waals surface area contributed by atoms with E-state index in [1.165, 1.54) is 0 Å². The zero-order valence-corrected chi connectivity index (χ0v) is 15.7. The third-order valence-electron chi connectivity index (χ3n) is 3.74. The van der Waals surface area contributed by atoms with Crippen LogP contribution in [0.2, 0.25) is 0 Å². The van der Waals surface area contributed by atoms with Gasteiger partial charge in [-0.25, -0.2) is 4.79 Å². The first-order valence-corrected chi connectivity index (χ1v) is 7.69. The van der Waals surface area contributed by atoms with Crippen molar-refractivity contribution in [2.45, 2.75) is 45.1 Å². The summed E-state index contributed by atoms with van der Waals surface area (Å²) in [6.07, 6.45) is 5.27. The van der Waals surface area contributed by atoms with Crippen LogP contribution in [-0.2, 0) is 16.0 Å². The van der Waals surface area contributed by atoms with E-state index in [-0.39, 0.29) is 52.9 Å². The molecule has 1 heterocycles. The van der Waals surface area contributed by atoms with Crippen molar-refractivity contribution < 1.29 is 17.5 Å². The molecule has 2 rings (SSSR count). The number of nitrogens with one attached hydrogen (secondary N) is 2. The van der Waals surface area contributed by atoms with Crippen molar-refractivity contribution in [3.05, 3.63) is 36.0 Å². The first-order chi connectivity index (χ1) is 10.6. The molecule has 5 nitrogen and oxygen atoms in total. The molecule has 0 unspecified atom stereocenters. The Hall–Kier alpha value is -1.04. The Bertz CT molecular complexity index is 664. The molecule has 0 radical (unpaired) electrons. The van der Waals surface area contributed by atoms with Gasteiger partial charge in [-0.05, 0) is 18.1 Å². The average molecular weight is 344 g/mol. The zero-order valence-electron chi connectivity index (χ0n) is 15.5. The van der Waals surface area contributed by atoms with Gasteiger partial charge in [0.05, 0.1) is 0 Å². The maximum atomic E-state index is 11.8. The molecular weight excluding hydrogens is 320 g/mol. The van der Waals surface area contributed by atoms with Crippen molar-refractivity contribution in [1.29, 1.82) is 0 Å². The summed E-state index contributed by atoms with van der Waals surface area (Å²) in [4.78, 5) is 26.4. The summed E-state index contributed by atoms with van der Waals surface area (Å²) in [6, 6.07) is 6.83. The largest absolute Gasteiger partial charge is 2.00 e. The number of carboxylic acids is 1. The molecule has 2 aromatic rings. The van der Waals surface area contributed by atoms with Crippen LogP contribution in [0.3, 0.4) is 0 Å². The molecule has 0 spiro atoms. The van der Waals surface area contributed by atoms with Gasteiger partial charge in [0.1, 0.15) is 6.04 Å². The summed E-state index contributed by atoms with van der Waals surface area (Å²) in [5.74, 6) is -1.20. The maximum absolute atomic E-state index is 11.8. The summed E-state index contributed by atoms with van der Waals surface area (Å²) in [6.45, 7) is 2.06. The number of aromatic nitrogens is 1. The standard InChI is InChI=1S/C17H22N2O3.Ca.2H/c1-2-3-4-9-16(20)19-15(17(21)22)10-12-11-18-14-8-6-5-7-13(12)14;;;/h5-8,11,15,18H,2-4,9-10H2,1H3,(H,19,20)(H,21,22);;;/q;+2;2*-1/t15-;;;/m0.../s1. The van der Waals surface area contributed by atoms with Crippen molar-refractivity contribution in [3.8, 4) is 0 Å². The number of carboxylic acid groups (broad SMARTS) is 1. The molecule has 0 aliphatic heterocycles. The molecule has 0 fully saturated rings. The van der Waals surface area contributed by atoms with Crippen molar-refractivity contribution in [2.24, 2.45) is 0 Å². The van der Waals surface area contributed by atoms with Crippen LogP contribution in [0.5, 0.6) is 0 Å². The number of aliphatic carboxylic acids is 1. The predicted molar refractivity (Wildman–Crippen MR) is 93.7 cm³/mol. The molecule has 122 valence electrons. The minimum Gasteiger partial charge on any atom is -1.00 e. The number of benzene rings is 1. The number of hydrogen-bond acceptors (Lipinski definition) is 2. The van der Waals surface area contributed by atoms with Crippen LogP contribution in [0.1, 0.15) is 41.0 Å². The Morgan fingerprint density at radius 3 is 2.74 bits per heavy atom. The monoisotopic (exact) mass is 344 g/mol. The van der Waals surface area contributed by atoms with Gasteiger partial charge in [0.2, 0.25) is 5.91 Å². The van der Waals surface area contributed by atoms with E-state index >= 15 is 0 Å². The Kier molecular flexibility index (Phi) is 8.66. The van der Waals surface area contributed by atoms with E-state index in [1.807, 2.05) is 30.5 Å². The number of unbranched alkanes of at least 4 members (excludes halogenated alkanes) is 2. The van der Waals surface area contributed by atoms with E-state index < -0.39 is 12.0 Å². The number of amides is 1. The van der Waals surface area contributed by atoms with Gasteiger partial charge in [0, 0.05) is 29.9 Å². The van der Waals surface area contributed by atoms with Crippen LogP contribution < -0.4 is 5.32 Å². The smallest absolute Gasteiger partial charge is 1.00 e. The van der Waals surface area contributed by atoms with Crippen LogP contribution in [0.15, 0.2) is 30.5 Å². The minimum absolute atomic E-state index is 0. The summed E-state index contributed by atoms with van der Waals surface area (Å²) < 4.78 is 0. The predicted octanol–water partition coefficient (Wildman–Crippen LogP) is 2.70. The average Bonchev–Trinajstić information content (AvgIpc) is 2.90. The molecule has 0 bridgehead atoms. The third-order valence-corrected chi connectivity index (χ3v) is 3.74. The van der Waals surface area contributed by atoms with Crippen molar-refractivity contribution in [3.63, 3.8) is 0 Å². The fourth-order valence-electron chi connectivity index (χ4n) is 2.52. The molecule has 3 N–H and O–H groups in total. The SMILES string of the molecule is CCCCCC(=O)N[C@@H](Cc1c[nH]c2ccccc12)C(=O)O.[Ca+2].[H-].[H-]. The summed E-state index contributed by atoms with van der Waals surface area (Å²) in [7, 11) is 0. The molecule has 0 saturated carbocycles. The molecule has 23 heavy (non-hydrogen) atoms. The topological polar surface area (TPSA) is 82.2 Å². The number of carbonyl (C=O) groups excluding carboxylic acids is 1. The van der Waals surface area contributed by atoms with Crippen molar-refractivity contribution in [1.82, 2.24) is 10.3 Å². The number of fused-ring (bicyclic) bond motifs is 1. The Morgan fingerprint density at radius 2 is 2.04 bits per heavy atom. The fraction of sp³-hybridized carbons (Fsp3) is 0.412. The number of H-pyrrole nitrogens is 1. The normalized spacial score (nSPS) is 11.7. The van der Waals surface area contributed by atoms with Gasteiger partial charge in [0.25, 0.3) is 0 Å². The number of hydrogen-bond donors (Lipinski definition) is 3.